The first kappa shape index (κ1) is 11.6. The fourth-order valence-electron chi connectivity index (χ4n) is 2.25. The lowest BCUT2D eigenvalue weighted by molar-refractivity contribution is -0.145. The highest BCUT2D eigenvalue weighted by Gasteiger charge is 2.49. The van der Waals surface area contributed by atoms with E-state index >= 15 is 0 Å². The van der Waals surface area contributed by atoms with Gasteiger partial charge in [0.25, 0.3) is 0 Å². The van der Waals surface area contributed by atoms with E-state index in [1.54, 1.807) is 24.9 Å². The molecule has 3 atom stereocenters. The van der Waals surface area contributed by atoms with Crippen LogP contribution in [-0.2, 0) is 21.4 Å². The maximum absolute atomic E-state index is 11.6. The SMILES string of the molecule is CC[C@@H]1C(=O)OC(c2cncn2C)C1C(=O)O. The highest BCUT2D eigenvalue weighted by atomic mass is 16.6. The van der Waals surface area contributed by atoms with Crippen molar-refractivity contribution in [1.82, 2.24) is 9.55 Å². The quantitative estimate of drug-likeness (QED) is 0.785. The van der Waals surface area contributed by atoms with E-state index in [0.717, 1.165) is 0 Å². The summed E-state index contributed by atoms with van der Waals surface area (Å²) in [5, 5.41) is 9.23. The molecule has 1 saturated heterocycles. The van der Waals surface area contributed by atoms with Gasteiger partial charge in [-0.25, -0.2) is 4.98 Å². The fourth-order valence-corrected chi connectivity index (χ4v) is 2.25. The number of hydrogen-bond donors (Lipinski definition) is 1. The Bertz CT molecular complexity index is 454. The summed E-state index contributed by atoms with van der Waals surface area (Å²) in [5.74, 6) is -2.85. The average Bonchev–Trinajstić information content (AvgIpc) is 2.81. The number of carboxylic acids is 1. The summed E-state index contributed by atoms with van der Waals surface area (Å²) in [6.45, 7) is 1.79. The summed E-state index contributed by atoms with van der Waals surface area (Å²) >= 11 is 0. The van der Waals surface area contributed by atoms with Crippen LogP contribution in [0.3, 0.4) is 0 Å². The van der Waals surface area contributed by atoms with Crippen molar-refractivity contribution in [1.29, 1.82) is 0 Å². The van der Waals surface area contributed by atoms with E-state index in [9.17, 15) is 14.7 Å². The van der Waals surface area contributed by atoms with Gasteiger partial charge in [-0.2, -0.15) is 0 Å². The number of hydrogen-bond acceptors (Lipinski definition) is 4. The lowest BCUT2D eigenvalue weighted by Gasteiger charge is -2.16. The molecule has 2 rings (SSSR count). The minimum absolute atomic E-state index is 0.439. The van der Waals surface area contributed by atoms with Gasteiger partial charge >= 0.3 is 11.9 Å². The fraction of sp³-hybridized carbons (Fsp3) is 0.545. The van der Waals surface area contributed by atoms with Crippen LogP contribution in [0, 0.1) is 11.8 Å². The molecule has 1 fully saturated rings. The third kappa shape index (κ3) is 1.79. The Labute approximate surface area is 98.2 Å². The van der Waals surface area contributed by atoms with Crippen LogP contribution in [0.2, 0.25) is 0 Å². The molecule has 2 unspecified atom stereocenters. The van der Waals surface area contributed by atoms with E-state index in [1.807, 2.05) is 0 Å². The second-order valence-electron chi connectivity index (χ2n) is 4.17. The number of aromatic nitrogens is 2. The number of aliphatic carboxylic acids is 1. The van der Waals surface area contributed by atoms with Crippen molar-refractivity contribution in [3.05, 3.63) is 18.2 Å². The van der Waals surface area contributed by atoms with E-state index < -0.39 is 29.9 Å². The van der Waals surface area contributed by atoms with Gasteiger partial charge in [0.1, 0.15) is 5.92 Å². The molecule has 92 valence electrons. The highest BCUT2D eigenvalue weighted by molar-refractivity contribution is 5.85. The molecule has 1 aliphatic heterocycles. The van der Waals surface area contributed by atoms with E-state index in [0.29, 0.717) is 12.1 Å². The Morgan fingerprint density at radius 1 is 1.65 bits per heavy atom. The number of cyclic esters (lactones) is 1. The average molecular weight is 238 g/mol. The van der Waals surface area contributed by atoms with Gasteiger partial charge in [0.15, 0.2) is 6.10 Å². The number of nitrogens with zero attached hydrogens (tertiary/aromatic N) is 2. The zero-order chi connectivity index (χ0) is 12.6. The molecular formula is C11H14N2O4. The van der Waals surface area contributed by atoms with Crippen LogP contribution in [0.15, 0.2) is 12.5 Å². The minimum atomic E-state index is -1.01. The van der Waals surface area contributed by atoms with Crippen molar-refractivity contribution in [3.63, 3.8) is 0 Å². The maximum atomic E-state index is 11.6. The van der Waals surface area contributed by atoms with E-state index in [-0.39, 0.29) is 0 Å². The topological polar surface area (TPSA) is 81.4 Å². The molecule has 0 spiro atoms. The summed E-state index contributed by atoms with van der Waals surface area (Å²) in [6.07, 6.45) is 2.81. The predicted molar refractivity (Wildman–Crippen MR) is 56.9 cm³/mol. The van der Waals surface area contributed by atoms with Gasteiger partial charge in [0, 0.05) is 7.05 Å². The Balaban J connectivity index is 2.38. The number of imidazole rings is 1. The van der Waals surface area contributed by atoms with Gasteiger partial charge in [-0.1, -0.05) is 6.92 Å². The van der Waals surface area contributed by atoms with Gasteiger partial charge in [-0.05, 0) is 6.42 Å². The van der Waals surface area contributed by atoms with Crippen LogP contribution in [0.25, 0.3) is 0 Å². The summed E-state index contributed by atoms with van der Waals surface area (Å²) in [6, 6.07) is 0. The zero-order valence-corrected chi connectivity index (χ0v) is 9.66. The maximum Gasteiger partial charge on any atom is 0.311 e. The zero-order valence-electron chi connectivity index (χ0n) is 9.66. The molecule has 2 heterocycles. The molecular weight excluding hydrogens is 224 g/mol. The first-order chi connectivity index (χ1) is 8.06. The number of carbonyl (C=O) groups is 2. The molecule has 1 aromatic heterocycles. The molecule has 0 amide bonds. The number of carbonyl (C=O) groups excluding carboxylic acids is 1. The molecule has 0 bridgehead atoms. The van der Waals surface area contributed by atoms with Crippen molar-refractivity contribution in [2.24, 2.45) is 18.9 Å². The molecule has 6 nitrogen and oxygen atoms in total. The van der Waals surface area contributed by atoms with Crippen molar-refractivity contribution in [2.45, 2.75) is 19.4 Å². The minimum Gasteiger partial charge on any atom is -0.481 e. The smallest absolute Gasteiger partial charge is 0.311 e. The van der Waals surface area contributed by atoms with Gasteiger partial charge in [-0.15, -0.1) is 0 Å². The Morgan fingerprint density at radius 2 is 2.35 bits per heavy atom. The van der Waals surface area contributed by atoms with Crippen molar-refractivity contribution < 1.29 is 19.4 Å². The third-order valence-electron chi connectivity index (χ3n) is 3.18. The van der Waals surface area contributed by atoms with Crippen molar-refractivity contribution >= 4 is 11.9 Å². The molecule has 1 aliphatic rings. The number of ether oxygens (including phenoxy) is 1. The largest absolute Gasteiger partial charge is 0.481 e. The van der Waals surface area contributed by atoms with Crippen molar-refractivity contribution in [3.8, 4) is 0 Å². The molecule has 0 radical (unpaired) electrons. The van der Waals surface area contributed by atoms with Crippen LogP contribution in [0.5, 0.6) is 0 Å². The Morgan fingerprint density at radius 3 is 2.82 bits per heavy atom. The Kier molecular flexibility index (Phi) is 2.87. The monoisotopic (exact) mass is 238 g/mol. The third-order valence-corrected chi connectivity index (χ3v) is 3.18. The number of esters is 1. The standard InChI is InChI=1S/C11H14N2O4/c1-3-6-8(10(14)15)9(17-11(6)16)7-4-12-5-13(7)2/h4-6,8-9H,3H2,1-2H3,(H,14,15)/t6-,8?,9?/m0/s1. The van der Waals surface area contributed by atoms with Gasteiger partial charge in [0.2, 0.25) is 0 Å². The number of aryl methyl sites for hydroxylation is 1. The molecule has 1 N–H and O–H groups in total. The molecule has 0 aromatic carbocycles. The van der Waals surface area contributed by atoms with Crippen LogP contribution in [0.4, 0.5) is 0 Å². The van der Waals surface area contributed by atoms with Gasteiger partial charge in [0.05, 0.1) is 24.1 Å². The summed E-state index contributed by atoms with van der Waals surface area (Å²) in [4.78, 5) is 26.8. The van der Waals surface area contributed by atoms with E-state index in [1.165, 1.54) is 6.20 Å². The van der Waals surface area contributed by atoms with Crippen LogP contribution in [-0.4, -0.2) is 26.6 Å². The van der Waals surface area contributed by atoms with E-state index in [2.05, 4.69) is 4.98 Å². The first-order valence-corrected chi connectivity index (χ1v) is 5.45. The molecule has 0 aliphatic carbocycles. The number of carboxylic acid groups (broad SMARTS) is 1. The van der Waals surface area contributed by atoms with Crippen LogP contribution < -0.4 is 0 Å². The van der Waals surface area contributed by atoms with Gasteiger partial charge in [-0.3, -0.25) is 9.59 Å². The second kappa shape index (κ2) is 4.20. The van der Waals surface area contributed by atoms with E-state index in [4.69, 9.17) is 4.74 Å². The predicted octanol–water partition coefficient (Wildman–Crippen LogP) is 0.745. The second-order valence-corrected chi connectivity index (χ2v) is 4.17. The first-order valence-electron chi connectivity index (χ1n) is 5.45. The lowest BCUT2D eigenvalue weighted by atomic mass is 9.87. The highest BCUT2D eigenvalue weighted by Crippen LogP contribution is 2.40. The normalized spacial score (nSPS) is 28.1. The molecule has 1 aromatic rings. The summed E-state index contributed by atoms with van der Waals surface area (Å²) in [7, 11) is 1.74. The van der Waals surface area contributed by atoms with Gasteiger partial charge < -0.3 is 14.4 Å². The van der Waals surface area contributed by atoms with Crippen LogP contribution >= 0.6 is 0 Å². The summed E-state index contributed by atoms with van der Waals surface area (Å²) < 4.78 is 6.86. The molecule has 17 heavy (non-hydrogen) atoms. The van der Waals surface area contributed by atoms with Crippen molar-refractivity contribution in [2.75, 3.05) is 0 Å². The Hall–Kier alpha value is -1.85. The number of rotatable bonds is 3. The summed E-state index contributed by atoms with van der Waals surface area (Å²) in [5.41, 5.74) is 0.613. The van der Waals surface area contributed by atoms with Crippen LogP contribution in [0.1, 0.15) is 25.1 Å². The lowest BCUT2D eigenvalue weighted by Crippen LogP contribution is -2.25. The molecule has 0 saturated carbocycles. The molecule has 6 heteroatoms.